The number of aromatic nitrogens is 2. The van der Waals surface area contributed by atoms with Crippen molar-refractivity contribution in [1.29, 1.82) is 0 Å². The third-order valence-electron chi connectivity index (χ3n) is 2.29. The molecule has 1 aromatic carbocycles. The first-order valence-electron chi connectivity index (χ1n) is 4.79. The normalized spacial score (nSPS) is 11.7. The summed E-state index contributed by atoms with van der Waals surface area (Å²) in [6, 6.07) is 2.79. The van der Waals surface area contributed by atoms with Crippen LogP contribution in [0.3, 0.4) is 0 Å². The summed E-state index contributed by atoms with van der Waals surface area (Å²) in [5, 5.41) is 5.96. The summed E-state index contributed by atoms with van der Waals surface area (Å²) in [5.41, 5.74) is 5.22. The predicted octanol–water partition coefficient (Wildman–Crippen LogP) is 1.34. The van der Waals surface area contributed by atoms with Gasteiger partial charge in [0.1, 0.15) is 16.5 Å². The maximum atomic E-state index is 14.0. The molecule has 96 valence electrons. The Kier molecular flexibility index (Phi) is 2.81. The van der Waals surface area contributed by atoms with E-state index in [-0.39, 0.29) is 17.1 Å². The number of rotatable bonds is 2. The summed E-state index contributed by atoms with van der Waals surface area (Å²) < 4.78 is 50.0. The van der Waals surface area contributed by atoms with E-state index in [0.29, 0.717) is 6.07 Å². The maximum Gasteiger partial charge on any atom is 0.178 e. The van der Waals surface area contributed by atoms with E-state index < -0.39 is 26.4 Å². The van der Waals surface area contributed by atoms with Crippen LogP contribution in [0.25, 0.3) is 11.3 Å². The van der Waals surface area contributed by atoms with E-state index in [9.17, 15) is 17.2 Å². The molecule has 1 aromatic heterocycles. The van der Waals surface area contributed by atoms with Gasteiger partial charge in [-0.05, 0) is 12.1 Å². The molecule has 3 N–H and O–H groups in total. The summed E-state index contributed by atoms with van der Waals surface area (Å²) >= 11 is 0. The molecule has 0 spiro atoms. The highest BCUT2D eigenvalue weighted by atomic mass is 32.2. The molecule has 0 saturated heterocycles. The molecule has 2 aromatic rings. The van der Waals surface area contributed by atoms with Gasteiger partial charge in [0, 0.05) is 17.9 Å². The largest absolute Gasteiger partial charge is 0.382 e. The minimum atomic E-state index is -3.86. The van der Waals surface area contributed by atoms with Crippen LogP contribution in [0, 0.1) is 11.6 Å². The standard InChI is InChI=1S/C10H9F2N3O2S/c1-18(16,17)8-3-5(11)2-6(10(8)12)7-4-9(13)15-14-7/h2-4H,1H3,(H3,13,14,15). The van der Waals surface area contributed by atoms with E-state index in [1.807, 2.05) is 0 Å². The van der Waals surface area contributed by atoms with E-state index in [1.54, 1.807) is 0 Å². The van der Waals surface area contributed by atoms with Gasteiger partial charge in [-0.3, -0.25) is 5.10 Å². The Balaban J connectivity index is 2.74. The van der Waals surface area contributed by atoms with Crippen LogP contribution in [-0.4, -0.2) is 24.9 Å². The van der Waals surface area contributed by atoms with Crippen molar-refractivity contribution in [3.63, 3.8) is 0 Å². The van der Waals surface area contributed by atoms with Crippen molar-refractivity contribution in [3.8, 4) is 11.3 Å². The number of nitrogen functional groups attached to an aromatic ring is 1. The smallest absolute Gasteiger partial charge is 0.178 e. The highest BCUT2D eigenvalue weighted by molar-refractivity contribution is 7.90. The summed E-state index contributed by atoms with van der Waals surface area (Å²) in [6.45, 7) is 0. The molecule has 8 heteroatoms. The molecule has 0 unspecified atom stereocenters. The summed E-state index contributed by atoms with van der Waals surface area (Å²) in [4.78, 5) is -0.703. The van der Waals surface area contributed by atoms with Gasteiger partial charge in [-0.1, -0.05) is 0 Å². The number of nitrogens with zero attached hydrogens (tertiary/aromatic N) is 1. The number of benzene rings is 1. The highest BCUT2D eigenvalue weighted by Crippen LogP contribution is 2.28. The van der Waals surface area contributed by atoms with Crippen LogP contribution in [0.5, 0.6) is 0 Å². The van der Waals surface area contributed by atoms with E-state index in [1.165, 1.54) is 6.07 Å². The first-order chi connectivity index (χ1) is 8.29. The predicted molar refractivity (Wildman–Crippen MR) is 61.5 cm³/mol. The number of halogens is 2. The number of nitrogens with one attached hydrogen (secondary N) is 1. The van der Waals surface area contributed by atoms with Crippen LogP contribution in [0.15, 0.2) is 23.1 Å². The van der Waals surface area contributed by atoms with Crippen molar-refractivity contribution >= 4 is 15.7 Å². The molecule has 0 amide bonds. The molecule has 0 atom stereocenters. The second kappa shape index (κ2) is 4.05. The molecule has 2 rings (SSSR count). The Morgan fingerprint density at radius 3 is 2.44 bits per heavy atom. The van der Waals surface area contributed by atoms with Gasteiger partial charge in [0.2, 0.25) is 0 Å². The summed E-state index contributed by atoms with van der Waals surface area (Å²) in [6.07, 6.45) is 0.802. The van der Waals surface area contributed by atoms with E-state index in [2.05, 4.69) is 10.2 Å². The molecule has 1 heterocycles. The average Bonchev–Trinajstić information content (AvgIpc) is 2.66. The lowest BCUT2D eigenvalue weighted by Crippen LogP contribution is -2.03. The van der Waals surface area contributed by atoms with Crippen molar-refractivity contribution in [3.05, 3.63) is 29.8 Å². The van der Waals surface area contributed by atoms with E-state index in [0.717, 1.165) is 12.3 Å². The first kappa shape index (κ1) is 12.5. The van der Waals surface area contributed by atoms with Crippen molar-refractivity contribution < 1.29 is 17.2 Å². The molecule has 0 fully saturated rings. The number of nitrogens with two attached hydrogens (primary N) is 1. The first-order valence-corrected chi connectivity index (χ1v) is 6.68. The maximum absolute atomic E-state index is 14.0. The second-order valence-electron chi connectivity index (χ2n) is 3.74. The second-order valence-corrected chi connectivity index (χ2v) is 5.73. The van der Waals surface area contributed by atoms with Crippen LogP contribution < -0.4 is 5.73 Å². The lowest BCUT2D eigenvalue weighted by Gasteiger charge is -2.06. The lowest BCUT2D eigenvalue weighted by atomic mass is 10.1. The molecule has 0 aliphatic carbocycles. The fourth-order valence-electron chi connectivity index (χ4n) is 1.51. The van der Waals surface area contributed by atoms with Gasteiger partial charge >= 0.3 is 0 Å². The minimum absolute atomic E-state index is 0.0922. The van der Waals surface area contributed by atoms with Crippen molar-refractivity contribution in [2.75, 3.05) is 12.0 Å². The van der Waals surface area contributed by atoms with Gasteiger partial charge in [-0.2, -0.15) is 5.10 Å². The molecule has 0 radical (unpaired) electrons. The zero-order valence-electron chi connectivity index (χ0n) is 9.24. The fraction of sp³-hybridized carbons (Fsp3) is 0.100. The third kappa shape index (κ3) is 2.19. The van der Waals surface area contributed by atoms with Crippen LogP contribution in [0.1, 0.15) is 0 Å². The summed E-state index contributed by atoms with van der Waals surface area (Å²) in [5.74, 6) is -1.81. The minimum Gasteiger partial charge on any atom is -0.382 e. The van der Waals surface area contributed by atoms with Crippen molar-refractivity contribution in [1.82, 2.24) is 10.2 Å². The van der Waals surface area contributed by atoms with Gasteiger partial charge in [0.25, 0.3) is 0 Å². The zero-order valence-corrected chi connectivity index (χ0v) is 10.1. The third-order valence-corrected chi connectivity index (χ3v) is 3.39. The molecule has 18 heavy (non-hydrogen) atoms. The molecular weight excluding hydrogens is 264 g/mol. The number of anilines is 1. The zero-order chi connectivity index (χ0) is 13.5. The molecule has 0 aliphatic heterocycles. The highest BCUT2D eigenvalue weighted by Gasteiger charge is 2.20. The van der Waals surface area contributed by atoms with Crippen LogP contribution in [0.2, 0.25) is 0 Å². The lowest BCUT2D eigenvalue weighted by molar-refractivity contribution is 0.558. The van der Waals surface area contributed by atoms with Crippen LogP contribution in [-0.2, 0) is 9.84 Å². The molecule has 0 saturated carbocycles. The molecule has 0 aliphatic rings. The van der Waals surface area contributed by atoms with Gasteiger partial charge in [-0.15, -0.1) is 0 Å². The van der Waals surface area contributed by atoms with Gasteiger partial charge in [0.15, 0.2) is 15.7 Å². The van der Waals surface area contributed by atoms with Crippen molar-refractivity contribution in [2.45, 2.75) is 4.90 Å². The van der Waals surface area contributed by atoms with Crippen LogP contribution in [0.4, 0.5) is 14.6 Å². The number of aromatic amines is 1. The Labute approximate surface area is 102 Å². The molecule has 5 nitrogen and oxygen atoms in total. The van der Waals surface area contributed by atoms with Gasteiger partial charge < -0.3 is 5.73 Å². The Bertz CT molecular complexity index is 710. The van der Waals surface area contributed by atoms with E-state index in [4.69, 9.17) is 5.73 Å². The number of hydrogen-bond acceptors (Lipinski definition) is 4. The monoisotopic (exact) mass is 273 g/mol. The topological polar surface area (TPSA) is 88.8 Å². The molecule has 0 bridgehead atoms. The fourth-order valence-corrected chi connectivity index (χ4v) is 2.27. The van der Waals surface area contributed by atoms with Gasteiger partial charge in [0.05, 0.1) is 5.69 Å². The Morgan fingerprint density at radius 1 is 1.28 bits per heavy atom. The Hall–Kier alpha value is -1.96. The SMILES string of the molecule is CS(=O)(=O)c1cc(F)cc(-c2cc(N)n[nH]2)c1F. The quantitative estimate of drug-likeness (QED) is 0.864. The van der Waals surface area contributed by atoms with Crippen molar-refractivity contribution in [2.24, 2.45) is 0 Å². The van der Waals surface area contributed by atoms with Crippen LogP contribution >= 0.6 is 0 Å². The molecular formula is C10H9F2N3O2S. The number of H-pyrrole nitrogens is 1. The average molecular weight is 273 g/mol. The number of hydrogen-bond donors (Lipinski definition) is 2. The number of sulfone groups is 1. The van der Waals surface area contributed by atoms with Gasteiger partial charge in [-0.25, -0.2) is 17.2 Å². The summed E-state index contributed by atoms with van der Waals surface area (Å²) in [7, 11) is -3.86. The van der Waals surface area contributed by atoms with E-state index >= 15 is 0 Å². The Morgan fingerprint density at radius 2 is 1.94 bits per heavy atom.